The molecule has 0 saturated heterocycles. The molecule has 3 rings (SSSR count). The average molecular weight is 345 g/mol. The van der Waals surface area contributed by atoms with Gasteiger partial charge in [-0.2, -0.15) is 4.31 Å². The van der Waals surface area contributed by atoms with Crippen LogP contribution < -0.4 is 4.74 Å². The first-order valence-corrected chi connectivity index (χ1v) is 8.94. The number of nitrogens with zero attached hydrogens (tertiary/aromatic N) is 1. The molecule has 0 amide bonds. The number of sulfonamides is 1. The van der Waals surface area contributed by atoms with Crippen molar-refractivity contribution in [3.63, 3.8) is 0 Å². The number of methoxy groups -OCH3 is 1. The molecule has 0 fully saturated rings. The van der Waals surface area contributed by atoms with Crippen molar-refractivity contribution in [3.8, 4) is 5.75 Å². The van der Waals surface area contributed by atoms with Crippen molar-refractivity contribution in [2.45, 2.75) is 18.4 Å². The van der Waals surface area contributed by atoms with Crippen LogP contribution in [0.15, 0.2) is 57.8 Å². The minimum Gasteiger partial charge on any atom is -0.496 e. The Morgan fingerprint density at radius 1 is 1.12 bits per heavy atom. The Kier molecular flexibility index (Phi) is 4.34. The Morgan fingerprint density at radius 2 is 1.88 bits per heavy atom. The van der Waals surface area contributed by atoms with Crippen molar-refractivity contribution in [2.75, 3.05) is 14.2 Å². The fraction of sp³-hybridized carbons (Fsp3) is 0.222. The summed E-state index contributed by atoms with van der Waals surface area (Å²) in [5.41, 5.74) is 1.52. The number of ether oxygens (including phenoxy) is 1. The summed E-state index contributed by atoms with van der Waals surface area (Å²) in [5.74, 6) is 1.27. The van der Waals surface area contributed by atoms with Crippen molar-refractivity contribution in [1.82, 2.24) is 4.31 Å². The van der Waals surface area contributed by atoms with Crippen molar-refractivity contribution < 1.29 is 17.6 Å². The predicted octanol–water partition coefficient (Wildman–Crippen LogP) is 3.57. The largest absolute Gasteiger partial charge is 0.496 e. The first kappa shape index (κ1) is 16.5. The van der Waals surface area contributed by atoms with E-state index in [0.29, 0.717) is 11.5 Å². The van der Waals surface area contributed by atoms with E-state index in [4.69, 9.17) is 9.15 Å². The zero-order valence-corrected chi connectivity index (χ0v) is 14.6. The molecule has 6 heteroatoms. The molecule has 0 aliphatic heterocycles. The fourth-order valence-corrected chi connectivity index (χ4v) is 3.83. The van der Waals surface area contributed by atoms with Crippen LogP contribution in [0, 0.1) is 6.92 Å². The third kappa shape index (κ3) is 3.02. The van der Waals surface area contributed by atoms with Crippen LogP contribution in [-0.4, -0.2) is 26.9 Å². The second-order valence-electron chi connectivity index (χ2n) is 5.64. The Balaban J connectivity index is 1.87. The highest BCUT2D eigenvalue weighted by atomic mass is 32.2. The zero-order valence-electron chi connectivity index (χ0n) is 13.8. The molecule has 0 atom stereocenters. The monoisotopic (exact) mass is 345 g/mol. The number of furan rings is 1. The SMILES string of the molecule is COc1ccc(S(=O)(=O)N(C)Cc2cc3ccccc3o2)cc1C. The van der Waals surface area contributed by atoms with E-state index < -0.39 is 10.0 Å². The van der Waals surface area contributed by atoms with E-state index in [1.165, 1.54) is 4.31 Å². The van der Waals surface area contributed by atoms with Crippen LogP contribution in [0.5, 0.6) is 5.75 Å². The lowest BCUT2D eigenvalue weighted by Crippen LogP contribution is -2.26. The summed E-state index contributed by atoms with van der Waals surface area (Å²) < 4.78 is 37.7. The van der Waals surface area contributed by atoms with E-state index >= 15 is 0 Å². The van der Waals surface area contributed by atoms with Crippen molar-refractivity contribution in [3.05, 3.63) is 59.9 Å². The maximum Gasteiger partial charge on any atom is 0.243 e. The van der Waals surface area contributed by atoms with Gasteiger partial charge < -0.3 is 9.15 Å². The van der Waals surface area contributed by atoms with Crippen molar-refractivity contribution >= 4 is 21.0 Å². The highest BCUT2D eigenvalue weighted by molar-refractivity contribution is 7.89. The van der Waals surface area contributed by atoms with Gasteiger partial charge in [-0.25, -0.2) is 8.42 Å². The van der Waals surface area contributed by atoms with Gasteiger partial charge in [0, 0.05) is 12.4 Å². The van der Waals surface area contributed by atoms with E-state index in [9.17, 15) is 8.42 Å². The molecule has 24 heavy (non-hydrogen) atoms. The van der Waals surface area contributed by atoms with E-state index in [1.54, 1.807) is 32.4 Å². The Bertz CT molecular complexity index is 943. The molecule has 0 radical (unpaired) electrons. The number of hydrogen-bond donors (Lipinski definition) is 0. The van der Waals surface area contributed by atoms with Crippen LogP contribution >= 0.6 is 0 Å². The number of rotatable bonds is 5. The molecule has 5 nitrogen and oxygen atoms in total. The summed E-state index contributed by atoms with van der Waals surface area (Å²) in [6.07, 6.45) is 0. The molecule has 126 valence electrons. The molecule has 0 aliphatic rings. The standard InChI is InChI=1S/C18H19NO4S/c1-13-10-16(8-9-17(13)22-3)24(20,21)19(2)12-15-11-14-6-4-5-7-18(14)23-15/h4-11H,12H2,1-3H3. The zero-order chi connectivity index (χ0) is 17.3. The van der Waals surface area contributed by atoms with Crippen LogP contribution in [0.25, 0.3) is 11.0 Å². The molecule has 0 aliphatic carbocycles. The van der Waals surface area contributed by atoms with Gasteiger partial charge in [0.15, 0.2) is 0 Å². The van der Waals surface area contributed by atoms with Crippen molar-refractivity contribution in [1.29, 1.82) is 0 Å². The fourth-order valence-electron chi connectivity index (χ4n) is 2.61. The summed E-state index contributed by atoms with van der Waals surface area (Å²) in [6.45, 7) is 1.99. The van der Waals surface area contributed by atoms with E-state index in [1.807, 2.05) is 37.3 Å². The van der Waals surface area contributed by atoms with Gasteiger partial charge in [-0.05, 0) is 42.8 Å². The maximum absolute atomic E-state index is 12.7. The summed E-state index contributed by atoms with van der Waals surface area (Å²) in [5, 5.41) is 0.957. The molecule has 1 heterocycles. The molecular weight excluding hydrogens is 326 g/mol. The molecule has 1 aromatic heterocycles. The summed E-state index contributed by atoms with van der Waals surface area (Å²) in [4.78, 5) is 0.236. The minimum absolute atomic E-state index is 0.169. The number of fused-ring (bicyclic) bond motifs is 1. The van der Waals surface area contributed by atoms with Gasteiger partial charge in [0.05, 0.1) is 18.6 Å². The van der Waals surface area contributed by atoms with E-state index in [-0.39, 0.29) is 11.4 Å². The molecule has 3 aromatic rings. The molecule has 0 spiro atoms. The Hall–Kier alpha value is -2.31. The van der Waals surface area contributed by atoms with Crippen molar-refractivity contribution in [2.24, 2.45) is 0 Å². The molecule has 2 aromatic carbocycles. The van der Waals surface area contributed by atoms with Gasteiger partial charge in [0.2, 0.25) is 10.0 Å². The lowest BCUT2D eigenvalue weighted by molar-refractivity contribution is 0.409. The molecular formula is C18H19NO4S. The normalized spacial score (nSPS) is 12.0. The van der Waals surface area contributed by atoms with Gasteiger partial charge in [0.25, 0.3) is 0 Å². The second-order valence-corrected chi connectivity index (χ2v) is 7.69. The van der Waals surface area contributed by atoms with Crippen LogP contribution in [0.3, 0.4) is 0 Å². The lowest BCUT2D eigenvalue weighted by atomic mass is 10.2. The third-order valence-corrected chi connectivity index (χ3v) is 5.73. The summed E-state index contributed by atoms with van der Waals surface area (Å²) in [6, 6.07) is 14.3. The summed E-state index contributed by atoms with van der Waals surface area (Å²) >= 11 is 0. The quantitative estimate of drug-likeness (QED) is 0.709. The number of para-hydroxylation sites is 1. The molecule has 0 bridgehead atoms. The van der Waals surface area contributed by atoms with E-state index in [2.05, 4.69) is 0 Å². The second kappa shape index (κ2) is 6.30. The Morgan fingerprint density at radius 3 is 2.54 bits per heavy atom. The topological polar surface area (TPSA) is 59.8 Å². The molecule has 0 saturated carbocycles. The highest BCUT2D eigenvalue weighted by Crippen LogP contribution is 2.25. The van der Waals surface area contributed by atoms with Gasteiger partial charge in [-0.3, -0.25) is 0 Å². The lowest BCUT2D eigenvalue weighted by Gasteiger charge is -2.17. The van der Waals surface area contributed by atoms with Gasteiger partial charge in [-0.15, -0.1) is 0 Å². The predicted molar refractivity (Wildman–Crippen MR) is 92.6 cm³/mol. The number of benzene rings is 2. The maximum atomic E-state index is 12.7. The number of hydrogen-bond acceptors (Lipinski definition) is 4. The first-order chi connectivity index (χ1) is 11.4. The third-order valence-electron chi connectivity index (χ3n) is 3.93. The number of aryl methyl sites for hydroxylation is 1. The molecule has 0 unspecified atom stereocenters. The average Bonchev–Trinajstić information content (AvgIpc) is 2.96. The van der Waals surface area contributed by atoms with Crippen LogP contribution in [0.2, 0.25) is 0 Å². The van der Waals surface area contributed by atoms with E-state index in [0.717, 1.165) is 16.5 Å². The van der Waals surface area contributed by atoms with Gasteiger partial charge in [0.1, 0.15) is 17.1 Å². The van der Waals surface area contributed by atoms with Gasteiger partial charge in [-0.1, -0.05) is 18.2 Å². The van der Waals surface area contributed by atoms with Crippen LogP contribution in [0.4, 0.5) is 0 Å². The Labute approximate surface area is 141 Å². The molecule has 0 N–H and O–H groups in total. The first-order valence-electron chi connectivity index (χ1n) is 7.50. The van der Waals surface area contributed by atoms with Crippen LogP contribution in [-0.2, 0) is 16.6 Å². The smallest absolute Gasteiger partial charge is 0.243 e. The highest BCUT2D eigenvalue weighted by Gasteiger charge is 2.23. The van der Waals surface area contributed by atoms with Gasteiger partial charge >= 0.3 is 0 Å². The minimum atomic E-state index is -3.60. The summed E-state index contributed by atoms with van der Waals surface area (Å²) in [7, 11) is -0.501. The van der Waals surface area contributed by atoms with Crippen LogP contribution in [0.1, 0.15) is 11.3 Å².